The molecule has 0 aliphatic carbocycles. The highest BCUT2D eigenvalue weighted by Gasteiger charge is 2.11. The minimum absolute atomic E-state index is 0.634. The minimum atomic E-state index is 0.634. The second-order valence-corrected chi connectivity index (χ2v) is 8.33. The summed E-state index contributed by atoms with van der Waals surface area (Å²) in [5.41, 5.74) is 1.50. The maximum atomic E-state index is 2.29. The van der Waals surface area contributed by atoms with Crippen molar-refractivity contribution in [2.75, 3.05) is 11.5 Å². The molecule has 0 fully saturated rings. The minimum Gasteiger partial charge on any atom is -0.143 e. The molecule has 0 aliphatic heterocycles. The van der Waals surface area contributed by atoms with E-state index in [-0.39, 0.29) is 0 Å². The number of unbranched alkanes of at least 4 members (excludes halogenated alkanes) is 6. The van der Waals surface area contributed by atoms with Gasteiger partial charge in [-0.2, -0.15) is 0 Å². The second-order valence-electron chi connectivity index (χ2n) is 5.61. The van der Waals surface area contributed by atoms with Gasteiger partial charge in [0, 0.05) is 0 Å². The van der Waals surface area contributed by atoms with Crippen LogP contribution in [-0.4, -0.2) is 11.5 Å². The summed E-state index contributed by atoms with van der Waals surface area (Å²) in [5.74, 6) is 2.61. The summed E-state index contributed by atoms with van der Waals surface area (Å²) < 4.78 is 0.634. The van der Waals surface area contributed by atoms with Crippen LogP contribution < -0.4 is 0 Å². The van der Waals surface area contributed by atoms with E-state index in [0.29, 0.717) is 4.58 Å². The number of hydrogen-bond donors (Lipinski definition) is 0. The number of hydrogen-bond acceptors (Lipinski definition) is 2. The standard InChI is InChI=1S/C19H32S2/c1-3-5-7-12-16-20-19(18-14-10-9-11-15-18)21-17-13-8-6-4-2/h9-11,14-15,19H,3-8,12-13,16-17H2,1-2H3. The van der Waals surface area contributed by atoms with E-state index < -0.39 is 0 Å². The second kappa shape index (κ2) is 13.6. The first-order valence-electron chi connectivity index (χ1n) is 8.66. The van der Waals surface area contributed by atoms with Crippen LogP contribution >= 0.6 is 23.5 Å². The lowest BCUT2D eigenvalue weighted by atomic mass is 10.2. The summed E-state index contributed by atoms with van der Waals surface area (Å²) in [6.07, 6.45) is 11.0. The van der Waals surface area contributed by atoms with Crippen molar-refractivity contribution in [2.45, 2.75) is 69.8 Å². The van der Waals surface area contributed by atoms with E-state index in [4.69, 9.17) is 0 Å². The Morgan fingerprint density at radius 1 is 0.714 bits per heavy atom. The van der Waals surface area contributed by atoms with Crippen LogP contribution in [0.2, 0.25) is 0 Å². The van der Waals surface area contributed by atoms with E-state index in [1.165, 1.54) is 68.4 Å². The third kappa shape index (κ3) is 9.52. The molecule has 2 heteroatoms. The van der Waals surface area contributed by atoms with Gasteiger partial charge in [0.05, 0.1) is 4.58 Å². The van der Waals surface area contributed by atoms with Crippen molar-refractivity contribution in [1.29, 1.82) is 0 Å². The van der Waals surface area contributed by atoms with Crippen LogP contribution in [0.5, 0.6) is 0 Å². The fraction of sp³-hybridized carbons (Fsp3) is 0.684. The molecule has 0 bridgehead atoms. The fourth-order valence-electron chi connectivity index (χ4n) is 2.29. The molecule has 21 heavy (non-hydrogen) atoms. The van der Waals surface area contributed by atoms with Crippen molar-refractivity contribution < 1.29 is 0 Å². The van der Waals surface area contributed by atoms with Crippen LogP contribution in [0, 0.1) is 0 Å². The van der Waals surface area contributed by atoms with Crippen LogP contribution in [0.1, 0.15) is 75.4 Å². The third-order valence-electron chi connectivity index (χ3n) is 3.61. The lowest BCUT2D eigenvalue weighted by Crippen LogP contribution is -1.94. The first-order chi connectivity index (χ1) is 10.4. The average molecular weight is 325 g/mol. The maximum Gasteiger partial charge on any atom is 0.0751 e. The van der Waals surface area contributed by atoms with Gasteiger partial charge >= 0.3 is 0 Å². The molecule has 1 aromatic carbocycles. The Hall–Kier alpha value is -0.0800. The molecule has 120 valence electrons. The molecular weight excluding hydrogens is 292 g/mol. The molecule has 0 atom stereocenters. The molecule has 0 amide bonds. The van der Waals surface area contributed by atoms with E-state index in [1.807, 2.05) is 0 Å². The summed E-state index contributed by atoms with van der Waals surface area (Å²) in [5, 5.41) is 0. The summed E-state index contributed by atoms with van der Waals surface area (Å²) in [6, 6.07) is 11.1. The highest BCUT2D eigenvalue weighted by atomic mass is 32.2. The summed E-state index contributed by atoms with van der Waals surface area (Å²) >= 11 is 4.30. The number of benzene rings is 1. The smallest absolute Gasteiger partial charge is 0.0751 e. The van der Waals surface area contributed by atoms with Crippen LogP contribution in [-0.2, 0) is 0 Å². The highest BCUT2D eigenvalue weighted by molar-refractivity contribution is 8.16. The molecule has 1 rings (SSSR count). The molecule has 0 saturated heterocycles. The molecule has 0 aromatic heterocycles. The maximum absolute atomic E-state index is 2.29. The van der Waals surface area contributed by atoms with Gasteiger partial charge in [-0.15, -0.1) is 23.5 Å². The van der Waals surface area contributed by atoms with Gasteiger partial charge < -0.3 is 0 Å². The number of rotatable bonds is 13. The SMILES string of the molecule is CCCCCCSC(SCCCCCC)c1ccccc1. The Morgan fingerprint density at radius 2 is 1.24 bits per heavy atom. The highest BCUT2D eigenvalue weighted by Crippen LogP contribution is 2.40. The lowest BCUT2D eigenvalue weighted by molar-refractivity contribution is 0.705. The Morgan fingerprint density at radius 3 is 1.71 bits per heavy atom. The monoisotopic (exact) mass is 324 g/mol. The molecule has 0 spiro atoms. The zero-order chi connectivity index (χ0) is 15.2. The molecule has 0 saturated carbocycles. The van der Waals surface area contributed by atoms with E-state index in [1.54, 1.807) is 0 Å². The van der Waals surface area contributed by atoms with Crippen LogP contribution in [0.3, 0.4) is 0 Å². The van der Waals surface area contributed by atoms with Gasteiger partial charge in [0.2, 0.25) is 0 Å². The van der Waals surface area contributed by atoms with Crippen molar-refractivity contribution in [3.63, 3.8) is 0 Å². The van der Waals surface area contributed by atoms with E-state index in [9.17, 15) is 0 Å². The van der Waals surface area contributed by atoms with Crippen molar-refractivity contribution in [2.24, 2.45) is 0 Å². The zero-order valence-electron chi connectivity index (χ0n) is 13.9. The topological polar surface area (TPSA) is 0 Å². The van der Waals surface area contributed by atoms with Gasteiger partial charge in [0.1, 0.15) is 0 Å². The Labute approximate surface area is 140 Å². The molecule has 0 heterocycles. The lowest BCUT2D eigenvalue weighted by Gasteiger charge is -2.17. The first kappa shape index (κ1) is 19.0. The van der Waals surface area contributed by atoms with Crippen LogP contribution in [0.4, 0.5) is 0 Å². The molecule has 0 aliphatic rings. The Bertz CT molecular complexity index is 310. The predicted octanol–water partition coefficient (Wildman–Crippen LogP) is 7.31. The number of thioether (sulfide) groups is 2. The quantitative estimate of drug-likeness (QED) is 0.275. The third-order valence-corrected chi connectivity index (χ3v) is 6.62. The molecule has 0 radical (unpaired) electrons. The van der Waals surface area contributed by atoms with Gasteiger partial charge in [0.25, 0.3) is 0 Å². The molecule has 0 nitrogen and oxygen atoms in total. The zero-order valence-corrected chi connectivity index (χ0v) is 15.5. The van der Waals surface area contributed by atoms with Gasteiger partial charge in [-0.3, -0.25) is 0 Å². The Kier molecular flexibility index (Phi) is 12.3. The van der Waals surface area contributed by atoms with Gasteiger partial charge in [-0.25, -0.2) is 0 Å². The normalized spacial score (nSPS) is 11.2. The van der Waals surface area contributed by atoms with Gasteiger partial charge in [-0.05, 0) is 29.9 Å². The van der Waals surface area contributed by atoms with E-state index in [2.05, 4.69) is 67.7 Å². The largest absolute Gasteiger partial charge is 0.143 e. The predicted molar refractivity (Wildman–Crippen MR) is 102 cm³/mol. The van der Waals surface area contributed by atoms with Gasteiger partial charge in [0.15, 0.2) is 0 Å². The summed E-state index contributed by atoms with van der Waals surface area (Å²) in [6.45, 7) is 4.57. The van der Waals surface area contributed by atoms with E-state index >= 15 is 0 Å². The van der Waals surface area contributed by atoms with Crippen molar-refractivity contribution in [3.8, 4) is 0 Å². The van der Waals surface area contributed by atoms with Gasteiger partial charge in [-0.1, -0.05) is 82.7 Å². The summed E-state index contributed by atoms with van der Waals surface area (Å²) in [4.78, 5) is 0. The molecular formula is C19H32S2. The van der Waals surface area contributed by atoms with Crippen LogP contribution in [0.25, 0.3) is 0 Å². The van der Waals surface area contributed by atoms with Crippen molar-refractivity contribution in [3.05, 3.63) is 35.9 Å². The van der Waals surface area contributed by atoms with Crippen molar-refractivity contribution >= 4 is 23.5 Å². The molecule has 1 aromatic rings. The van der Waals surface area contributed by atoms with E-state index in [0.717, 1.165) is 0 Å². The first-order valence-corrected chi connectivity index (χ1v) is 10.8. The molecule has 0 N–H and O–H groups in total. The Balaban J connectivity index is 2.32. The van der Waals surface area contributed by atoms with Crippen molar-refractivity contribution in [1.82, 2.24) is 0 Å². The summed E-state index contributed by atoms with van der Waals surface area (Å²) in [7, 11) is 0. The fourth-order valence-corrected chi connectivity index (χ4v) is 5.12. The molecule has 0 unspecified atom stereocenters. The average Bonchev–Trinajstić information content (AvgIpc) is 2.53. The van der Waals surface area contributed by atoms with Crippen LogP contribution in [0.15, 0.2) is 30.3 Å².